The number of ether oxygens (including phenoxy) is 2. The van der Waals surface area contributed by atoms with Crippen LogP contribution in [0, 0.1) is 5.92 Å². The molecule has 0 bridgehead atoms. The first-order chi connectivity index (χ1) is 8.18. The van der Waals surface area contributed by atoms with Crippen molar-refractivity contribution in [1.82, 2.24) is 4.90 Å². The van der Waals surface area contributed by atoms with E-state index in [2.05, 4.69) is 4.90 Å². The number of nitrogens with zero attached hydrogens (tertiary/aromatic N) is 1. The summed E-state index contributed by atoms with van der Waals surface area (Å²) in [4.78, 5) is 2.14. The number of rotatable bonds is 3. The van der Waals surface area contributed by atoms with Gasteiger partial charge in [-0.2, -0.15) is 0 Å². The van der Waals surface area contributed by atoms with Gasteiger partial charge in [0.25, 0.3) is 0 Å². The molecule has 2 rings (SSSR count). The number of aromatic hydroxyl groups is 1. The minimum absolute atomic E-state index is 0. The van der Waals surface area contributed by atoms with Crippen LogP contribution in [0.15, 0.2) is 24.3 Å². The molecule has 18 heavy (non-hydrogen) atoms. The molecule has 1 aromatic rings. The predicted molar refractivity (Wildman–Crippen MR) is 72.0 cm³/mol. The van der Waals surface area contributed by atoms with Crippen LogP contribution in [0.4, 0.5) is 0 Å². The second kappa shape index (κ2) is 6.95. The highest BCUT2D eigenvalue weighted by Crippen LogP contribution is 2.30. The summed E-state index contributed by atoms with van der Waals surface area (Å²) < 4.78 is 10.7. The van der Waals surface area contributed by atoms with Gasteiger partial charge >= 0.3 is 0 Å². The number of hydrogen-bond donors (Lipinski definition) is 1. The zero-order valence-electron chi connectivity index (χ0n) is 10.7. The molecule has 1 N–H and O–H groups in total. The van der Waals surface area contributed by atoms with E-state index in [9.17, 15) is 5.11 Å². The zero-order chi connectivity index (χ0) is 12.3. The van der Waals surface area contributed by atoms with Crippen molar-refractivity contribution >= 4 is 12.4 Å². The maximum Gasteiger partial charge on any atom is 0.146 e. The average Bonchev–Trinajstić information content (AvgIpc) is 2.30. The van der Waals surface area contributed by atoms with Gasteiger partial charge in [0.1, 0.15) is 12.5 Å². The third kappa shape index (κ3) is 3.59. The lowest BCUT2D eigenvalue weighted by molar-refractivity contribution is -0.139. The van der Waals surface area contributed by atoms with Crippen molar-refractivity contribution in [2.24, 2.45) is 5.92 Å². The molecule has 1 aromatic carbocycles. The Morgan fingerprint density at radius 3 is 2.50 bits per heavy atom. The Morgan fingerprint density at radius 2 is 1.94 bits per heavy atom. The second-order valence-electron chi connectivity index (χ2n) is 4.62. The molecule has 102 valence electrons. The highest BCUT2D eigenvalue weighted by atomic mass is 35.5. The first-order valence-corrected chi connectivity index (χ1v) is 5.79. The van der Waals surface area contributed by atoms with E-state index in [-0.39, 0.29) is 18.4 Å². The largest absolute Gasteiger partial charge is 0.508 e. The molecule has 0 aromatic heterocycles. The lowest BCUT2D eigenvalue weighted by atomic mass is 9.92. The predicted octanol–water partition coefficient (Wildman–Crippen LogP) is 2.04. The molecular formula is C13H20ClNO3. The SMILES string of the molecule is CN(C)C(c1cccc(O)c1)C1COCOC1.Cl. The van der Waals surface area contributed by atoms with Crippen molar-refractivity contribution in [3.8, 4) is 5.75 Å². The van der Waals surface area contributed by atoms with Gasteiger partial charge in [-0.15, -0.1) is 12.4 Å². The van der Waals surface area contributed by atoms with Gasteiger partial charge in [0, 0.05) is 12.0 Å². The average molecular weight is 274 g/mol. The topological polar surface area (TPSA) is 41.9 Å². The molecule has 1 heterocycles. The van der Waals surface area contributed by atoms with Crippen molar-refractivity contribution in [3.63, 3.8) is 0 Å². The van der Waals surface area contributed by atoms with E-state index >= 15 is 0 Å². The molecule has 5 heteroatoms. The number of phenols is 1. The number of phenolic OH excluding ortho intramolecular Hbond substituents is 1. The minimum Gasteiger partial charge on any atom is -0.508 e. The molecule has 0 saturated carbocycles. The Hall–Kier alpha value is -0.810. The Balaban J connectivity index is 0.00000162. The number of hydrogen-bond acceptors (Lipinski definition) is 4. The number of benzene rings is 1. The standard InChI is InChI=1S/C13H19NO3.ClH/c1-14(2)13(11-7-16-9-17-8-11)10-4-3-5-12(15)6-10;/h3-6,11,13,15H,7-9H2,1-2H3;1H. The van der Waals surface area contributed by atoms with E-state index in [0.717, 1.165) is 5.56 Å². The Labute approximate surface area is 114 Å². The maximum absolute atomic E-state index is 9.56. The third-order valence-corrected chi connectivity index (χ3v) is 3.05. The first kappa shape index (κ1) is 15.2. The fraction of sp³-hybridized carbons (Fsp3) is 0.538. The molecule has 1 atom stereocenters. The summed E-state index contributed by atoms with van der Waals surface area (Å²) in [5.41, 5.74) is 1.09. The zero-order valence-corrected chi connectivity index (χ0v) is 11.5. The normalized spacial score (nSPS) is 18.4. The van der Waals surface area contributed by atoms with Crippen molar-refractivity contribution in [2.75, 3.05) is 34.1 Å². The lowest BCUT2D eigenvalue weighted by Gasteiger charge is -2.34. The molecule has 1 aliphatic rings. The monoisotopic (exact) mass is 273 g/mol. The molecule has 0 amide bonds. The number of halogens is 1. The summed E-state index contributed by atoms with van der Waals surface area (Å²) in [6, 6.07) is 7.58. The van der Waals surface area contributed by atoms with Crippen LogP contribution >= 0.6 is 12.4 Å². The molecule has 4 nitrogen and oxygen atoms in total. The molecule has 1 unspecified atom stereocenters. The highest BCUT2D eigenvalue weighted by Gasteiger charge is 2.28. The van der Waals surface area contributed by atoms with Gasteiger partial charge in [-0.1, -0.05) is 12.1 Å². The van der Waals surface area contributed by atoms with Gasteiger partial charge in [-0.3, -0.25) is 0 Å². The summed E-state index contributed by atoms with van der Waals surface area (Å²) in [7, 11) is 4.06. The van der Waals surface area contributed by atoms with Gasteiger partial charge in [0.2, 0.25) is 0 Å². The van der Waals surface area contributed by atoms with Gasteiger partial charge in [0.15, 0.2) is 0 Å². The van der Waals surface area contributed by atoms with Gasteiger partial charge in [-0.05, 0) is 31.8 Å². The van der Waals surface area contributed by atoms with Crippen LogP contribution in [-0.2, 0) is 9.47 Å². The Morgan fingerprint density at radius 1 is 1.28 bits per heavy atom. The van der Waals surface area contributed by atoms with E-state index < -0.39 is 0 Å². The second-order valence-corrected chi connectivity index (χ2v) is 4.62. The highest BCUT2D eigenvalue weighted by molar-refractivity contribution is 5.85. The van der Waals surface area contributed by atoms with E-state index in [4.69, 9.17) is 9.47 Å². The summed E-state index contributed by atoms with van der Waals surface area (Å²) in [6.07, 6.45) is 0. The van der Waals surface area contributed by atoms with Crippen molar-refractivity contribution in [2.45, 2.75) is 6.04 Å². The van der Waals surface area contributed by atoms with E-state index in [1.54, 1.807) is 12.1 Å². The first-order valence-electron chi connectivity index (χ1n) is 5.79. The smallest absolute Gasteiger partial charge is 0.146 e. The van der Waals surface area contributed by atoms with Crippen LogP contribution in [0.1, 0.15) is 11.6 Å². The van der Waals surface area contributed by atoms with Crippen LogP contribution in [-0.4, -0.2) is 44.1 Å². The van der Waals surface area contributed by atoms with Crippen molar-refractivity contribution < 1.29 is 14.6 Å². The molecule has 1 aliphatic heterocycles. The van der Waals surface area contributed by atoms with Crippen LogP contribution in [0.5, 0.6) is 5.75 Å². The summed E-state index contributed by atoms with van der Waals surface area (Å²) in [6.45, 7) is 1.77. The summed E-state index contributed by atoms with van der Waals surface area (Å²) in [5, 5.41) is 9.56. The molecular weight excluding hydrogens is 254 g/mol. The Kier molecular flexibility index (Phi) is 5.88. The maximum atomic E-state index is 9.56. The summed E-state index contributed by atoms with van der Waals surface area (Å²) in [5.74, 6) is 0.590. The lowest BCUT2D eigenvalue weighted by Crippen LogP contribution is -2.36. The van der Waals surface area contributed by atoms with E-state index in [0.29, 0.717) is 31.7 Å². The van der Waals surface area contributed by atoms with Crippen molar-refractivity contribution in [3.05, 3.63) is 29.8 Å². The van der Waals surface area contributed by atoms with Gasteiger partial charge in [-0.25, -0.2) is 0 Å². The van der Waals surface area contributed by atoms with E-state index in [1.807, 2.05) is 26.2 Å². The fourth-order valence-electron chi connectivity index (χ4n) is 2.39. The third-order valence-electron chi connectivity index (χ3n) is 3.05. The molecule has 0 radical (unpaired) electrons. The van der Waals surface area contributed by atoms with Crippen LogP contribution in [0.2, 0.25) is 0 Å². The Bertz CT molecular complexity index is 367. The quantitative estimate of drug-likeness (QED) is 0.915. The van der Waals surface area contributed by atoms with Crippen LogP contribution < -0.4 is 0 Å². The summed E-state index contributed by atoms with van der Waals surface area (Å²) >= 11 is 0. The molecule has 0 spiro atoms. The van der Waals surface area contributed by atoms with E-state index in [1.165, 1.54) is 0 Å². The van der Waals surface area contributed by atoms with Crippen molar-refractivity contribution in [1.29, 1.82) is 0 Å². The fourth-order valence-corrected chi connectivity index (χ4v) is 2.39. The van der Waals surface area contributed by atoms with Gasteiger partial charge < -0.3 is 19.5 Å². The van der Waals surface area contributed by atoms with Gasteiger partial charge in [0.05, 0.1) is 13.2 Å². The van der Waals surface area contributed by atoms with Crippen LogP contribution in [0.3, 0.4) is 0 Å². The molecule has 1 fully saturated rings. The van der Waals surface area contributed by atoms with Crippen LogP contribution in [0.25, 0.3) is 0 Å². The molecule has 1 saturated heterocycles. The minimum atomic E-state index is 0. The molecule has 0 aliphatic carbocycles.